The smallest absolute Gasteiger partial charge is 0.276 e. The minimum absolute atomic E-state index is 0. The van der Waals surface area contributed by atoms with E-state index in [1.807, 2.05) is 48.5 Å². The van der Waals surface area contributed by atoms with Crippen LogP contribution >= 0.6 is 0 Å². The molecule has 2 rings (SSSR count). The SMILES string of the molecule is [CH2-]c1ccccc1C=N/C=C\N=Cc1ccccc1[CH2-].[Co+2]. The second-order valence-corrected chi connectivity index (χ2v) is 4.25. The maximum Gasteiger partial charge on any atom is 2.00 e. The molecule has 0 aliphatic heterocycles. The van der Waals surface area contributed by atoms with Gasteiger partial charge in [0.15, 0.2) is 0 Å². The molecule has 0 saturated heterocycles. The number of benzene rings is 2. The first-order valence-corrected chi connectivity index (χ1v) is 6.31. The third kappa shape index (κ3) is 5.34. The summed E-state index contributed by atoms with van der Waals surface area (Å²) in [5, 5.41) is 0. The number of hydrogen-bond acceptors (Lipinski definition) is 2. The van der Waals surface area contributed by atoms with Gasteiger partial charge < -0.3 is 0 Å². The number of rotatable bonds is 4. The van der Waals surface area contributed by atoms with Gasteiger partial charge in [-0.1, -0.05) is 12.1 Å². The van der Waals surface area contributed by atoms with Gasteiger partial charge in [0.2, 0.25) is 0 Å². The Hall–Kier alpha value is -2.23. The van der Waals surface area contributed by atoms with Crippen molar-refractivity contribution < 1.29 is 16.8 Å². The Bertz CT molecular complexity index is 600. The first-order chi connectivity index (χ1) is 9.77. The fourth-order valence-electron chi connectivity index (χ4n) is 1.64. The molecule has 0 amide bonds. The van der Waals surface area contributed by atoms with E-state index >= 15 is 0 Å². The molecule has 2 nitrogen and oxygen atoms in total. The van der Waals surface area contributed by atoms with Crippen molar-refractivity contribution in [3.05, 3.63) is 97.0 Å². The largest absolute Gasteiger partial charge is 2.00 e. The molecule has 0 aliphatic carbocycles. The van der Waals surface area contributed by atoms with Crippen LogP contribution in [0, 0.1) is 13.8 Å². The zero-order valence-corrected chi connectivity index (χ0v) is 12.6. The Balaban J connectivity index is 0.00000220. The van der Waals surface area contributed by atoms with Crippen molar-refractivity contribution in [3.8, 4) is 0 Å². The molecular weight excluding hydrogens is 303 g/mol. The van der Waals surface area contributed by atoms with Gasteiger partial charge in [-0.3, -0.25) is 9.98 Å². The monoisotopic (exact) mass is 319 g/mol. The summed E-state index contributed by atoms with van der Waals surface area (Å²) in [4.78, 5) is 8.36. The van der Waals surface area contributed by atoms with Crippen molar-refractivity contribution in [2.45, 2.75) is 0 Å². The molecule has 21 heavy (non-hydrogen) atoms. The van der Waals surface area contributed by atoms with Crippen molar-refractivity contribution in [1.82, 2.24) is 0 Å². The van der Waals surface area contributed by atoms with E-state index < -0.39 is 0 Å². The summed E-state index contributed by atoms with van der Waals surface area (Å²) in [5.41, 5.74) is 3.92. The topological polar surface area (TPSA) is 24.7 Å². The van der Waals surface area contributed by atoms with E-state index in [4.69, 9.17) is 0 Å². The standard InChI is InChI=1S/C18H16N2.Co/c1-15-7-3-5-9-17(15)13-19-11-12-20-14-18-10-6-4-8-16(18)2;/h3-14H,1-2H2;/q-2;+2/b12-11-,19-13?,20-14?;. The Labute approximate surface area is 136 Å². The molecular formula is C18H16CoN2. The van der Waals surface area contributed by atoms with E-state index in [9.17, 15) is 0 Å². The second kappa shape index (κ2) is 8.84. The van der Waals surface area contributed by atoms with Gasteiger partial charge in [0.05, 0.1) is 0 Å². The molecule has 0 unspecified atom stereocenters. The molecule has 0 atom stereocenters. The third-order valence-corrected chi connectivity index (χ3v) is 2.78. The number of nitrogens with zero attached hydrogens (tertiary/aromatic N) is 2. The summed E-state index contributed by atoms with van der Waals surface area (Å²) >= 11 is 0. The molecule has 0 aliphatic rings. The Morgan fingerprint density at radius 2 is 1.05 bits per heavy atom. The van der Waals surface area contributed by atoms with Crippen LogP contribution in [0.15, 0.2) is 70.9 Å². The fraction of sp³-hybridized carbons (Fsp3) is 0. The van der Waals surface area contributed by atoms with Crippen LogP contribution in [0.3, 0.4) is 0 Å². The van der Waals surface area contributed by atoms with Gasteiger partial charge in [0.1, 0.15) is 0 Å². The van der Waals surface area contributed by atoms with Crippen LogP contribution in [0.2, 0.25) is 0 Å². The summed E-state index contributed by atoms with van der Waals surface area (Å²) in [6.07, 6.45) is 6.83. The minimum atomic E-state index is 0. The van der Waals surface area contributed by atoms with Gasteiger partial charge >= 0.3 is 16.8 Å². The van der Waals surface area contributed by atoms with Crippen LogP contribution in [-0.2, 0) is 16.8 Å². The summed E-state index contributed by atoms with van der Waals surface area (Å²) in [6.45, 7) is 7.87. The molecule has 0 saturated carbocycles. The second-order valence-electron chi connectivity index (χ2n) is 4.25. The summed E-state index contributed by atoms with van der Waals surface area (Å²) < 4.78 is 0. The molecule has 3 heteroatoms. The molecule has 0 bridgehead atoms. The average Bonchev–Trinajstić information content (AvgIpc) is 2.46. The van der Waals surface area contributed by atoms with Gasteiger partial charge in [-0.25, -0.2) is 0 Å². The van der Waals surface area contributed by atoms with E-state index in [0.717, 1.165) is 22.3 Å². The fourth-order valence-corrected chi connectivity index (χ4v) is 1.64. The van der Waals surface area contributed by atoms with Crippen LogP contribution in [0.5, 0.6) is 0 Å². The van der Waals surface area contributed by atoms with Crippen molar-refractivity contribution in [2.24, 2.45) is 9.98 Å². The van der Waals surface area contributed by atoms with Crippen LogP contribution in [0.4, 0.5) is 0 Å². The Morgan fingerprint density at radius 1 is 0.667 bits per heavy atom. The zero-order chi connectivity index (χ0) is 14.2. The molecule has 2 aromatic rings. The van der Waals surface area contributed by atoms with Gasteiger partial charge in [-0.2, -0.15) is 37.1 Å². The van der Waals surface area contributed by atoms with E-state index in [2.05, 4.69) is 23.8 Å². The van der Waals surface area contributed by atoms with Crippen LogP contribution in [0.1, 0.15) is 22.3 Å². The minimum Gasteiger partial charge on any atom is -0.276 e. The first kappa shape index (κ1) is 16.8. The summed E-state index contributed by atoms with van der Waals surface area (Å²) in [6, 6.07) is 15.7. The summed E-state index contributed by atoms with van der Waals surface area (Å²) in [7, 11) is 0. The summed E-state index contributed by atoms with van der Waals surface area (Å²) in [5.74, 6) is 0. The molecule has 107 valence electrons. The molecule has 2 aromatic carbocycles. The van der Waals surface area contributed by atoms with Gasteiger partial charge in [-0.15, -0.1) is 35.4 Å². The average molecular weight is 319 g/mol. The number of hydrogen-bond donors (Lipinski definition) is 0. The van der Waals surface area contributed by atoms with Crippen molar-refractivity contribution in [3.63, 3.8) is 0 Å². The van der Waals surface area contributed by atoms with Crippen molar-refractivity contribution in [1.29, 1.82) is 0 Å². The maximum atomic E-state index is 4.18. The first-order valence-electron chi connectivity index (χ1n) is 6.31. The van der Waals surface area contributed by atoms with Gasteiger partial charge in [0.25, 0.3) is 0 Å². The zero-order valence-electron chi connectivity index (χ0n) is 11.6. The van der Waals surface area contributed by atoms with Crippen molar-refractivity contribution >= 4 is 12.4 Å². The predicted octanol–water partition coefficient (Wildman–Crippen LogP) is 4.06. The van der Waals surface area contributed by atoms with E-state index in [-0.39, 0.29) is 16.8 Å². The number of aliphatic imine (C=N–C) groups is 2. The van der Waals surface area contributed by atoms with E-state index in [1.165, 1.54) is 0 Å². The predicted molar refractivity (Wildman–Crippen MR) is 86.1 cm³/mol. The molecule has 0 aromatic heterocycles. The molecule has 0 spiro atoms. The van der Waals surface area contributed by atoms with Gasteiger partial charge in [0, 0.05) is 12.4 Å². The normalized spacial score (nSPS) is 11.2. The molecule has 0 fully saturated rings. The molecule has 1 radical (unpaired) electrons. The molecule has 0 N–H and O–H groups in total. The maximum absolute atomic E-state index is 4.18. The van der Waals surface area contributed by atoms with Crippen LogP contribution in [0.25, 0.3) is 0 Å². The third-order valence-electron chi connectivity index (χ3n) is 2.78. The quantitative estimate of drug-likeness (QED) is 0.600. The Morgan fingerprint density at radius 3 is 1.43 bits per heavy atom. The van der Waals surface area contributed by atoms with Crippen LogP contribution in [-0.4, -0.2) is 12.4 Å². The van der Waals surface area contributed by atoms with E-state index in [1.54, 1.807) is 24.8 Å². The molecule has 0 heterocycles. The van der Waals surface area contributed by atoms with Crippen LogP contribution < -0.4 is 0 Å². The van der Waals surface area contributed by atoms with E-state index in [0.29, 0.717) is 0 Å². The Kier molecular flexibility index (Phi) is 7.08. The van der Waals surface area contributed by atoms with Crippen molar-refractivity contribution in [2.75, 3.05) is 0 Å². The van der Waals surface area contributed by atoms with Gasteiger partial charge in [-0.05, 0) is 12.4 Å².